The number of hydrogen-bond acceptors (Lipinski definition) is 7. The molecule has 0 bridgehead atoms. The quantitative estimate of drug-likeness (QED) is 0.528. The van der Waals surface area contributed by atoms with Gasteiger partial charge in [-0.2, -0.15) is 0 Å². The molecule has 0 spiro atoms. The topological polar surface area (TPSA) is 124 Å². The molecule has 2 heterocycles. The summed E-state index contributed by atoms with van der Waals surface area (Å²) in [6.07, 6.45) is 0.524. The molecule has 0 aromatic heterocycles. The number of amides is 2. The van der Waals surface area contributed by atoms with E-state index in [1.54, 1.807) is 36.4 Å². The van der Waals surface area contributed by atoms with E-state index in [2.05, 4.69) is 5.32 Å². The number of fused-ring (bicyclic) bond motifs is 1. The number of carbonyl (C=O) groups is 3. The molecule has 0 radical (unpaired) electrons. The van der Waals surface area contributed by atoms with Gasteiger partial charge in [-0.15, -0.1) is 0 Å². The van der Waals surface area contributed by atoms with E-state index in [0.29, 0.717) is 40.9 Å². The number of anilines is 1. The second-order valence-corrected chi connectivity index (χ2v) is 8.36. The van der Waals surface area contributed by atoms with Crippen LogP contribution in [-0.4, -0.2) is 49.9 Å². The van der Waals surface area contributed by atoms with Crippen LogP contribution in [-0.2, 0) is 14.4 Å². The Balaban J connectivity index is 1.48. The zero-order valence-electron chi connectivity index (χ0n) is 19.6. The zero-order valence-corrected chi connectivity index (χ0v) is 19.6. The van der Waals surface area contributed by atoms with Gasteiger partial charge < -0.3 is 34.3 Å². The van der Waals surface area contributed by atoms with Gasteiger partial charge >= 0.3 is 5.97 Å². The van der Waals surface area contributed by atoms with Crippen LogP contribution in [0.25, 0.3) is 0 Å². The average molecular weight is 485 g/mol. The van der Waals surface area contributed by atoms with E-state index >= 15 is 0 Å². The van der Waals surface area contributed by atoms with Gasteiger partial charge in [0.1, 0.15) is 0 Å². The Morgan fingerprint density at radius 3 is 2.71 bits per heavy atom. The van der Waals surface area contributed by atoms with Crippen molar-refractivity contribution in [2.45, 2.75) is 32.2 Å². The minimum Gasteiger partial charge on any atom is -0.493 e. The van der Waals surface area contributed by atoms with Crippen molar-refractivity contribution in [2.24, 2.45) is 5.92 Å². The number of hydrogen-bond donors (Lipinski definition) is 2. The van der Waals surface area contributed by atoms with E-state index in [1.807, 2.05) is 6.92 Å². The van der Waals surface area contributed by atoms with E-state index < -0.39 is 23.8 Å². The maximum atomic E-state index is 13.1. The number of aliphatic carboxylic acids is 1. The molecule has 2 unspecified atom stereocenters. The van der Waals surface area contributed by atoms with Crippen molar-refractivity contribution in [3.05, 3.63) is 42.0 Å². The van der Waals surface area contributed by atoms with Crippen LogP contribution in [0.1, 0.15) is 37.8 Å². The molecule has 2 aromatic carbocycles. The van der Waals surface area contributed by atoms with Crippen molar-refractivity contribution in [2.75, 3.05) is 32.0 Å². The van der Waals surface area contributed by atoms with Crippen molar-refractivity contribution in [3.63, 3.8) is 0 Å². The third-order valence-electron chi connectivity index (χ3n) is 5.91. The second-order valence-electron chi connectivity index (χ2n) is 8.36. The lowest BCUT2D eigenvalue weighted by Gasteiger charge is -2.21. The van der Waals surface area contributed by atoms with Gasteiger partial charge in [0.15, 0.2) is 23.0 Å². The van der Waals surface area contributed by atoms with Gasteiger partial charge in [-0.25, -0.2) is 0 Å². The van der Waals surface area contributed by atoms with Crippen LogP contribution >= 0.6 is 0 Å². The molecule has 10 nitrogen and oxygen atoms in total. The lowest BCUT2D eigenvalue weighted by Crippen LogP contribution is -2.36. The normalized spacial score (nSPS) is 17.3. The SMILES string of the molecule is CCCOc1ccc(C(CC(=O)O)NC(=O)C2CC(=O)N(c3ccc4c(c3)OCO4)C2)cc1OC. The number of nitrogens with zero attached hydrogens (tertiary/aromatic N) is 1. The Hall–Kier alpha value is -3.95. The van der Waals surface area contributed by atoms with Crippen molar-refractivity contribution >= 4 is 23.5 Å². The number of ether oxygens (including phenoxy) is 4. The number of benzene rings is 2. The van der Waals surface area contributed by atoms with Crippen molar-refractivity contribution < 1.29 is 38.4 Å². The summed E-state index contributed by atoms with van der Waals surface area (Å²) in [7, 11) is 1.50. The molecule has 4 rings (SSSR count). The van der Waals surface area contributed by atoms with Crippen LogP contribution in [0.3, 0.4) is 0 Å². The highest BCUT2D eigenvalue weighted by atomic mass is 16.7. The van der Waals surface area contributed by atoms with Crippen molar-refractivity contribution in [1.29, 1.82) is 0 Å². The number of methoxy groups -OCH3 is 1. The molecule has 2 N–H and O–H groups in total. The van der Waals surface area contributed by atoms with Crippen LogP contribution in [0.15, 0.2) is 36.4 Å². The molecule has 2 atom stereocenters. The summed E-state index contributed by atoms with van der Waals surface area (Å²) in [4.78, 5) is 38.8. The monoisotopic (exact) mass is 484 g/mol. The highest BCUT2D eigenvalue weighted by Gasteiger charge is 2.37. The molecule has 1 fully saturated rings. The van der Waals surface area contributed by atoms with E-state index in [9.17, 15) is 19.5 Å². The van der Waals surface area contributed by atoms with E-state index in [4.69, 9.17) is 18.9 Å². The van der Waals surface area contributed by atoms with Crippen LogP contribution in [0.5, 0.6) is 23.0 Å². The number of carbonyl (C=O) groups excluding carboxylic acids is 2. The molecule has 2 aliphatic heterocycles. The zero-order chi connectivity index (χ0) is 24.9. The number of carboxylic acid groups (broad SMARTS) is 1. The van der Waals surface area contributed by atoms with E-state index in [1.165, 1.54) is 12.0 Å². The maximum absolute atomic E-state index is 13.1. The van der Waals surface area contributed by atoms with Gasteiger partial charge in [0.25, 0.3) is 0 Å². The third-order valence-corrected chi connectivity index (χ3v) is 5.91. The van der Waals surface area contributed by atoms with Gasteiger partial charge in [0.2, 0.25) is 18.6 Å². The minimum absolute atomic E-state index is 0.0210. The fraction of sp³-hybridized carbons (Fsp3) is 0.400. The number of rotatable bonds is 10. The van der Waals surface area contributed by atoms with Crippen LogP contribution in [0.4, 0.5) is 5.69 Å². The molecule has 10 heteroatoms. The van der Waals surface area contributed by atoms with Crippen LogP contribution in [0, 0.1) is 5.92 Å². The Kier molecular flexibility index (Phi) is 7.28. The number of nitrogens with one attached hydrogen (secondary N) is 1. The summed E-state index contributed by atoms with van der Waals surface area (Å²) in [6.45, 7) is 2.80. The Morgan fingerprint density at radius 2 is 1.97 bits per heavy atom. The Morgan fingerprint density at radius 1 is 1.17 bits per heavy atom. The van der Waals surface area contributed by atoms with Gasteiger partial charge in [-0.1, -0.05) is 13.0 Å². The largest absolute Gasteiger partial charge is 0.493 e. The first-order valence-electron chi connectivity index (χ1n) is 11.4. The molecule has 35 heavy (non-hydrogen) atoms. The first-order chi connectivity index (χ1) is 16.9. The number of carboxylic acids is 1. The lowest BCUT2D eigenvalue weighted by molar-refractivity contribution is -0.138. The molecule has 2 aliphatic rings. The van der Waals surface area contributed by atoms with E-state index in [0.717, 1.165) is 6.42 Å². The Labute approximate surface area is 202 Å². The van der Waals surface area contributed by atoms with Gasteiger partial charge in [-0.05, 0) is 36.2 Å². The molecule has 0 aliphatic carbocycles. The molecule has 186 valence electrons. The standard InChI is InChI=1S/C25H28N2O8/c1-3-8-33-19-6-4-15(9-21(19)32-2)18(12-24(29)30)26-25(31)16-10-23(28)27(13-16)17-5-7-20-22(11-17)35-14-34-20/h4-7,9,11,16,18H,3,8,10,12-14H2,1-2H3,(H,26,31)(H,29,30). The van der Waals surface area contributed by atoms with Crippen molar-refractivity contribution in [1.82, 2.24) is 5.32 Å². The Bertz CT molecular complexity index is 1120. The second kappa shape index (κ2) is 10.5. The first kappa shape index (κ1) is 24.2. The van der Waals surface area contributed by atoms with Crippen molar-refractivity contribution in [3.8, 4) is 23.0 Å². The average Bonchev–Trinajstić information content (AvgIpc) is 3.47. The summed E-state index contributed by atoms with van der Waals surface area (Å²) in [5.74, 6) is -0.137. The molecule has 1 saturated heterocycles. The maximum Gasteiger partial charge on any atom is 0.305 e. The minimum atomic E-state index is -1.06. The molecular formula is C25H28N2O8. The molecular weight excluding hydrogens is 456 g/mol. The van der Waals surface area contributed by atoms with E-state index in [-0.39, 0.29) is 32.1 Å². The summed E-state index contributed by atoms with van der Waals surface area (Å²) in [5.41, 5.74) is 1.18. The highest BCUT2D eigenvalue weighted by Crippen LogP contribution is 2.37. The summed E-state index contributed by atoms with van der Waals surface area (Å²) in [6, 6.07) is 9.45. The van der Waals surface area contributed by atoms with Gasteiger partial charge in [-0.3, -0.25) is 14.4 Å². The first-order valence-corrected chi connectivity index (χ1v) is 11.4. The fourth-order valence-corrected chi connectivity index (χ4v) is 4.13. The predicted molar refractivity (Wildman–Crippen MR) is 125 cm³/mol. The lowest BCUT2D eigenvalue weighted by atomic mass is 10.0. The highest BCUT2D eigenvalue weighted by molar-refractivity contribution is 6.00. The summed E-state index contributed by atoms with van der Waals surface area (Å²) in [5, 5.41) is 12.3. The third kappa shape index (κ3) is 5.42. The van der Waals surface area contributed by atoms with Gasteiger partial charge in [0, 0.05) is 24.7 Å². The summed E-state index contributed by atoms with van der Waals surface area (Å²) < 4.78 is 21.7. The summed E-state index contributed by atoms with van der Waals surface area (Å²) >= 11 is 0. The predicted octanol–water partition coefficient (Wildman–Crippen LogP) is 2.90. The fourth-order valence-electron chi connectivity index (χ4n) is 4.13. The smallest absolute Gasteiger partial charge is 0.305 e. The molecule has 2 amide bonds. The van der Waals surface area contributed by atoms with Gasteiger partial charge in [0.05, 0.1) is 32.1 Å². The van der Waals surface area contributed by atoms with Crippen LogP contribution < -0.4 is 29.2 Å². The molecule has 2 aromatic rings. The van der Waals surface area contributed by atoms with Crippen LogP contribution in [0.2, 0.25) is 0 Å². The molecule has 0 saturated carbocycles.